The minimum Gasteiger partial charge on any atom is -0.462 e. The van der Waals surface area contributed by atoms with Crippen molar-refractivity contribution >= 4 is 28.5 Å². The monoisotopic (exact) mass is 484 g/mol. The van der Waals surface area contributed by atoms with E-state index in [-0.39, 0.29) is 29.1 Å². The molecule has 0 aliphatic rings. The quantitative estimate of drug-likeness (QED) is 0.429. The fourth-order valence-corrected chi connectivity index (χ4v) is 3.66. The van der Waals surface area contributed by atoms with Gasteiger partial charge in [0.15, 0.2) is 5.69 Å². The van der Waals surface area contributed by atoms with Gasteiger partial charge >= 0.3 is 12.1 Å². The summed E-state index contributed by atoms with van der Waals surface area (Å²) in [6, 6.07) is 13.6. The number of nitrogens with zero attached hydrogens (tertiary/aromatic N) is 3. The molecule has 0 aliphatic heterocycles. The molecule has 2 aromatic heterocycles. The van der Waals surface area contributed by atoms with Crippen LogP contribution in [0.25, 0.3) is 16.6 Å². The molecule has 4 aromatic rings. The third-order valence-electron chi connectivity index (χ3n) is 5.30. The van der Waals surface area contributed by atoms with Crippen LogP contribution in [0.3, 0.4) is 0 Å². The minimum atomic E-state index is -4.87. The lowest BCUT2D eigenvalue weighted by Crippen LogP contribution is -2.21. The standard InChI is InChI=1S/C24H19F3N4O4/c1-3-35-23(34)18-13-28-31(21(18)24(25,26)27)15-10-8-14(9-11-15)29-22(33)17-12-20(32)30(2)19-7-5-4-6-16(17)19/h4-13H,3H2,1-2H3,(H,29,33). The molecular weight excluding hydrogens is 465 g/mol. The number of hydrogen-bond donors (Lipinski definition) is 1. The zero-order valence-electron chi connectivity index (χ0n) is 18.6. The Labute approximate surface area is 196 Å². The van der Waals surface area contributed by atoms with Gasteiger partial charge in [0, 0.05) is 24.2 Å². The Morgan fingerprint density at radius 1 is 1.06 bits per heavy atom. The normalized spacial score (nSPS) is 11.5. The predicted octanol–water partition coefficient (Wildman–Crippen LogP) is 4.17. The number of anilines is 1. The molecule has 11 heteroatoms. The zero-order valence-corrected chi connectivity index (χ0v) is 18.6. The average molecular weight is 484 g/mol. The van der Waals surface area contributed by atoms with Crippen molar-refractivity contribution in [3.63, 3.8) is 0 Å². The maximum Gasteiger partial charge on any atom is 0.434 e. The van der Waals surface area contributed by atoms with E-state index >= 15 is 0 Å². The van der Waals surface area contributed by atoms with Gasteiger partial charge in [0.25, 0.3) is 11.5 Å². The van der Waals surface area contributed by atoms with Crippen LogP contribution in [0.4, 0.5) is 18.9 Å². The van der Waals surface area contributed by atoms with Crippen molar-refractivity contribution in [2.24, 2.45) is 7.05 Å². The average Bonchev–Trinajstić information content (AvgIpc) is 3.28. The van der Waals surface area contributed by atoms with Gasteiger partial charge in [-0.05, 0) is 37.3 Å². The van der Waals surface area contributed by atoms with Gasteiger partial charge in [0.05, 0.1) is 29.6 Å². The van der Waals surface area contributed by atoms with Crippen molar-refractivity contribution in [3.8, 4) is 5.69 Å². The largest absolute Gasteiger partial charge is 0.462 e. The van der Waals surface area contributed by atoms with Crippen LogP contribution in [-0.2, 0) is 18.0 Å². The minimum absolute atomic E-state index is 0.0184. The van der Waals surface area contributed by atoms with Crippen molar-refractivity contribution in [2.45, 2.75) is 13.1 Å². The highest BCUT2D eigenvalue weighted by molar-refractivity contribution is 6.12. The van der Waals surface area contributed by atoms with Gasteiger partial charge in [-0.15, -0.1) is 0 Å². The fraction of sp³-hybridized carbons (Fsp3) is 0.167. The van der Waals surface area contributed by atoms with Gasteiger partial charge in [0.2, 0.25) is 0 Å². The summed E-state index contributed by atoms with van der Waals surface area (Å²) in [6.45, 7) is 1.40. The molecule has 1 N–H and O–H groups in total. The molecule has 35 heavy (non-hydrogen) atoms. The highest BCUT2D eigenvalue weighted by Crippen LogP contribution is 2.34. The number of rotatable bonds is 5. The number of carbonyl (C=O) groups is 2. The van der Waals surface area contributed by atoms with Crippen LogP contribution < -0.4 is 10.9 Å². The fourth-order valence-electron chi connectivity index (χ4n) is 3.66. The van der Waals surface area contributed by atoms with Crippen molar-refractivity contribution in [2.75, 3.05) is 11.9 Å². The molecule has 0 fully saturated rings. The van der Waals surface area contributed by atoms with Crippen molar-refractivity contribution in [1.82, 2.24) is 14.3 Å². The van der Waals surface area contributed by atoms with Crippen molar-refractivity contribution in [1.29, 1.82) is 0 Å². The maximum atomic E-state index is 13.7. The molecule has 8 nitrogen and oxygen atoms in total. The molecule has 2 aromatic carbocycles. The molecule has 0 unspecified atom stereocenters. The van der Waals surface area contributed by atoms with Crippen molar-refractivity contribution < 1.29 is 27.5 Å². The van der Waals surface area contributed by atoms with Crippen LogP contribution in [-0.4, -0.2) is 32.8 Å². The molecule has 0 aliphatic carbocycles. The van der Waals surface area contributed by atoms with Crippen LogP contribution in [0.1, 0.15) is 33.3 Å². The highest BCUT2D eigenvalue weighted by atomic mass is 19.4. The summed E-state index contributed by atoms with van der Waals surface area (Å²) in [5.74, 6) is -1.68. The Bertz CT molecular complexity index is 1490. The first kappa shape index (κ1) is 23.7. The van der Waals surface area contributed by atoms with E-state index in [0.717, 1.165) is 6.20 Å². The lowest BCUT2D eigenvalue weighted by Gasteiger charge is -2.13. The van der Waals surface area contributed by atoms with Crippen LogP contribution >= 0.6 is 0 Å². The molecule has 0 bridgehead atoms. The number of aryl methyl sites for hydroxylation is 1. The van der Waals surface area contributed by atoms with E-state index in [1.165, 1.54) is 41.8 Å². The van der Waals surface area contributed by atoms with E-state index in [9.17, 15) is 27.6 Å². The topological polar surface area (TPSA) is 95.2 Å². The SMILES string of the molecule is CCOC(=O)c1cnn(-c2ccc(NC(=O)c3cc(=O)n(C)c4ccccc34)cc2)c1C(F)(F)F. The Hall–Kier alpha value is -4.41. The molecule has 0 radical (unpaired) electrons. The second-order valence-electron chi connectivity index (χ2n) is 7.51. The molecule has 1 amide bonds. The molecule has 0 saturated carbocycles. The summed E-state index contributed by atoms with van der Waals surface area (Å²) >= 11 is 0. The van der Waals surface area contributed by atoms with Gasteiger partial charge in [-0.2, -0.15) is 18.3 Å². The summed E-state index contributed by atoms with van der Waals surface area (Å²) in [7, 11) is 1.60. The summed E-state index contributed by atoms with van der Waals surface area (Å²) in [4.78, 5) is 37.1. The summed E-state index contributed by atoms with van der Waals surface area (Å²) < 4.78 is 47.8. The number of aromatic nitrogens is 3. The molecular formula is C24H19F3N4O4. The lowest BCUT2D eigenvalue weighted by atomic mass is 10.1. The number of fused-ring (bicyclic) bond motifs is 1. The number of alkyl halides is 3. The van der Waals surface area contributed by atoms with E-state index in [1.54, 1.807) is 31.3 Å². The lowest BCUT2D eigenvalue weighted by molar-refractivity contribution is -0.143. The zero-order chi connectivity index (χ0) is 25.3. The third kappa shape index (κ3) is 4.52. The maximum absolute atomic E-state index is 13.7. The van der Waals surface area contributed by atoms with Gasteiger partial charge in [-0.1, -0.05) is 18.2 Å². The smallest absolute Gasteiger partial charge is 0.434 e. The second-order valence-corrected chi connectivity index (χ2v) is 7.51. The Morgan fingerprint density at radius 3 is 2.40 bits per heavy atom. The van der Waals surface area contributed by atoms with Crippen LogP contribution in [0.15, 0.2) is 65.6 Å². The number of ether oxygens (including phenoxy) is 1. The predicted molar refractivity (Wildman–Crippen MR) is 122 cm³/mol. The first-order chi connectivity index (χ1) is 16.6. The van der Waals surface area contributed by atoms with Gasteiger partial charge in [-0.25, -0.2) is 9.48 Å². The van der Waals surface area contributed by atoms with E-state index < -0.39 is 29.3 Å². The summed E-state index contributed by atoms with van der Waals surface area (Å²) in [5.41, 5.74) is -1.28. The highest BCUT2D eigenvalue weighted by Gasteiger charge is 2.41. The molecule has 4 rings (SSSR count). The van der Waals surface area contributed by atoms with Crippen LogP contribution in [0, 0.1) is 0 Å². The number of nitrogens with one attached hydrogen (secondary N) is 1. The summed E-state index contributed by atoms with van der Waals surface area (Å²) in [5, 5.41) is 6.94. The van der Waals surface area contributed by atoms with Gasteiger partial charge < -0.3 is 14.6 Å². The molecule has 180 valence electrons. The Morgan fingerprint density at radius 2 is 1.74 bits per heavy atom. The molecule has 0 atom stereocenters. The molecule has 0 spiro atoms. The van der Waals surface area contributed by atoms with Gasteiger partial charge in [0.1, 0.15) is 5.56 Å². The number of esters is 1. The number of halogens is 3. The van der Waals surface area contributed by atoms with Crippen molar-refractivity contribution in [3.05, 3.63) is 88.0 Å². The Kier molecular flexibility index (Phi) is 6.16. The van der Waals surface area contributed by atoms with E-state index in [2.05, 4.69) is 10.4 Å². The summed E-state index contributed by atoms with van der Waals surface area (Å²) in [6.07, 6.45) is -4.07. The van der Waals surface area contributed by atoms with Crippen LogP contribution in [0.2, 0.25) is 0 Å². The van der Waals surface area contributed by atoms with E-state index in [4.69, 9.17) is 4.74 Å². The molecule has 0 saturated heterocycles. The number of para-hydroxylation sites is 1. The third-order valence-corrected chi connectivity index (χ3v) is 5.30. The number of pyridine rings is 1. The Balaban J connectivity index is 1.65. The number of amides is 1. The molecule has 2 heterocycles. The first-order valence-corrected chi connectivity index (χ1v) is 10.4. The van der Waals surface area contributed by atoms with Gasteiger partial charge in [-0.3, -0.25) is 9.59 Å². The number of carbonyl (C=O) groups excluding carboxylic acids is 2. The number of hydrogen-bond acceptors (Lipinski definition) is 5. The second kappa shape index (κ2) is 9.09. The number of benzene rings is 2. The van der Waals surface area contributed by atoms with Crippen LogP contribution in [0.5, 0.6) is 0 Å². The first-order valence-electron chi connectivity index (χ1n) is 10.4. The van der Waals surface area contributed by atoms with E-state index in [0.29, 0.717) is 15.6 Å². The van der Waals surface area contributed by atoms with E-state index in [1.807, 2.05) is 0 Å².